The predicted molar refractivity (Wildman–Crippen MR) is 73.3 cm³/mol. The van der Waals surface area contributed by atoms with Crippen LogP contribution in [-0.4, -0.2) is 19.7 Å². The summed E-state index contributed by atoms with van der Waals surface area (Å²) in [6.45, 7) is 1.75. The number of ether oxygens (including phenoxy) is 1. The Kier molecular flexibility index (Phi) is 3.72. The van der Waals surface area contributed by atoms with Crippen molar-refractivity contribution in [3.63, 3.8) is 0 Å². The average molecular weight is 288 g/mol. The molecule has 2 aromatic rings. The van der Waals surface area contributed by atoms with Crippen LogP contribution in [0.3, 0.4) is 0 Å². The van der Waals surface area contributed by atoms with Gasteiger partial charge in [-0.25, -0.2) is 13.4 Å². The van der Waals surface area contributed by atoms with Crippen molar-refractivity contribution in [2.24, 2.45) is 0 Å². The van der Waals surface area contributed by atoms with Crippen molar-refractivity contribution in [1.29, 1.82) is 5.26 Å². The normalized spacial score (nSPS) is 10.8. The molecule has 0 bridgehead atoms. The molecule has 0 N–H and O–H groups in total. The topological polar surface area (TPSA) is 80.0 Å². The number of nitriles is 1. The van der Waals surface area contributed by atoms with Crippen LogP contribution >= 0.6 is 0 Å². The van der Waals surface area contributed by atoms with E-state index < -0.39 is 9.84 Å². The van der Waals surface area contributed by atoms with Gasteiger partial charge in [-0.15, -0.1) is 0 Å². The predicted octanol–water partition coefficient (Wildman–Crippen LogP) is 2.46. The van der Waals surface area contributed by atoms with Gasteiger partial charge in [0, 0.05) is 18.0 Å². The van der Waals surface area contributed by atoms with Crippen molar-refractivity contribution >= 4 is 9.84 Å². The van der Waals surface area contributed by atoms with E-state index in [-0.39, 0.29) is 10.8 Å². The quantitative estimate of drug-likeness (QED) is 0.866. The third-order valence-electron chi connectivity index (χ3n) is 2.52. The monoisotopic (exact) mass is 288 g/mol. The van der Waals surface area contributed by atoms with Crippen molar-refractivity contribution in [1.82, 2.24) is 4.98 Å². The summed E-state index contributed by atoms with van der Waals surface area (Å²) >= 11 is 0. The summed E-state index contributed by atoms with van der Waals surface area (Å²) in [5, 5.41) is 8.89. The van der Waals surface area contributed by atoms with Gasteiger partial charge in [-0.05, 0) is 31.2 Å². The third kappa shape index (κ3) is 3.33. The molecule has 6 heteroatoms. The zero-order valence-electron chi connectivity index (χ0n) is 11.0. The fourth-order valence-corrected chi connectivity index (χ4v) is 2.30. The summed E-state index contributed by atoms with van der Waals surface area (Å²) in [6, 6.07) is 11.3. The van der Waals surface area contributed by atoms with Gasteiger partial charge in [0.05, 0.1) is 16.5 Å². The third-order valence-corrected chi connectivity index (χ3v) is 3.63. The van der Waals surface area contributed by atoms with E-state index in [9.17, 15) is 8.42 Å². The van der Waals surface area contributed by atoms with Crippen LogP contribution < -0.4 is 4.74 Å². The Balaban J connectivity index is 2.36. The molecule has 0 atom stereocenters. The van der Waals surface area contributed by atoms with Crippen LogP contribution in [0.4, 0.5) is 0 Å². The molecule has 20 heavy (non-hydrogen) atoms. The lowest BCUT2D eigenvalue weighted by Gasteiger charge is -2.07. The number of hydrogen-bond acceptors (Lipinski definition) is 5. The number of rotatable bonds is 3. The van der Waals surface area contributed by atoms with E-state index in [0.717, 1.165) is 6.26 Å². The first-order valence-electron chi connectivity index (χ1n) is 5.75. The lowest BCUT2D eigenvalue weighted by Crippen LogP contribution is -1.97. The van der Waals surface area contributed by atoms with Crippen molar-refractivity contribution in [3.05, 3.63) is 47.7 Å². The highest BCUT2D eigenvalue weighted by Gasteiger charge is 2.09. The van der Waals surface area contributed by atoms with Crippen molar-refractivity contribution in [3.8, 4) is 17.7 Å². The standard InChI is InChI=1S/C14H12N2O3S/c1-10-6-11(9-15)7-14(16-10)19-12-4-3-5-13(8-12)20(2,17)18/h3-8H,1-2H3. The number of nitrogens with zero attached hydrogens (tertiary/aromatic N) is 2. The van der Waals surface area contributed by atoms with E-state index in [1.54, 1.807) is 25.1 Å². The first-order chi connectivity index (χ1) is 9.38. The molecule has 2 rings (SSSR count). The molecule has 0 spiro atoms. The maximum Gasteiger partial charge on any atom is 0.220 e. The SMILES string of the molecule is Cc1cc(C#N)cc(Oc2cccc(S(C)(=O)=O)c2)n1. The van der Waals surface area contributed by atoms with E-state index in [2.05, 4.69) is 4.98 Å². The Hall–Kier alpha value is -2.39. The Morgan fingerprint density at radius 2 is 2.00 bits per heavy atom. The number of aromatic nitrogens is 1. The highest BCUT2D eigenvalue weighted by molar-refractivity contribution is 7.90. The lowest BCUT2D eigenvalue weighted by molar-refractivity contribution is 0.460. The fraction of sp³-hybridized carbons (Fsp3) is 0.143. The van der Waals surface area contributed by atoms with Gasteiger partial charge in [0.2, 0.25) is 5.88 Å². The Morgan fingerprint density at radius 1 is 1.25 bits per heavy atom. The fourth-order valence-electron chi connectivity index (χ4n) is 1.64. The number of hydrogen-bond donors (Lipinski definition) is 0. The van der Waals surface area contributed by atoms with Crippen LogP contribution in [0, 0.1) is 18.3 Å². The highest BCUT2D eigenvalue weighted by Crippen LogP contribution is 2.23. The summed E-state index contributed by atoms with van der Waals surface area (Å²) in [4.78, 5) is 4.32. The number of sulfone groups is 1. The molecule has 0 aliphatic carbocycles. The maximum atomic E-state index is 11.5. The molecular formula is C14H12N2O3S. The zero-order valence-corrected chi connectivity index (χ0v) is 11.8. The molecule has 0 radical (unpaired) electrons. The van der Waals surface area contributed by atoms with Crippen molar-refractivity contribution < 1.29 is 13.2 Å². The highest BCUT2D eigenvalue weighted by atomic mass is 32.2. The van der Waals surface area contributed by atoms with Crippen LogP contribution in [0.2, 0.25) is 0 Å². The number of benzene rings is 1. The second kappa shape index (κ2) is 5.31. The van der Waals surface area contributed by atoms with Gasteiger partial charge in [0.1, 0.15) is 5.75 Å². The minimum Gasteiger partial charge on any atom is -0.439 e. The second-order valence-electron chi connectivity index (χ2n) is 4.30. The van der Waals surface area contributed by atoms with E-state index in [1.165, 1.54) is 18.2 Å². The van der Waals surface area contributed by atoms with Gasteiger partial charge in [0.15, 0.2) is 9.84 Å². The molecule has 0 aliphatic heterocycles. The van der Waals surface area contributed by atoms with E-state index in [4.69, 9.17) is 10.00 Å². The summed E-state index contributed by atoms with van der Waals surface area (Å²) < 4.78 is 28.5. The molecule has 0 saturated heterocycles. The molecule has 5 nitrogen and oxygen atoms in total. The van der Waals surface area contributed by atoms with E-state index >= 15 is 0 Å². The van der Waals surface area contributed by atoms with Gasteiger partial charge in [-0.3, -0.25) is 0 Å². The minimum atomic E-state index is -3.29. The molecule has 0 amide bonds. The first kappa shape index (κ1) is 14.0. The molecule has 1 aromatic heterocycles. The number of pyridine rings is 1. The number of aryl methyl sites for hydroxylation is 1. The summed E-state index contributed by atoms with van der Waals surface area (Å²) in [7, 11) is -3.29. The van der Waals surface area contributed by atoms with Crippen molar-refractivity contribution in [2.45, 2.75) is 11.8 Å². The zero-order chi connectivity index (χ0) is 14.8. The molecule has 0 saturated carbocycles. The van der Waals surface area contributed by atoms with Crippen LogP contribution in [-0.2, 0) is 9.84 Å². The van der Waals surface area contributed by atoms with Gasteiger partial charge >= 0.3 is 0 Å². The Morgan fingerprint density at radius 3 is 2.65 bits per heavy atom. The summed E-state index contributed by atoms with van der Waals surface area (Å²) in [6.07, 6.45) is 1.13. The maximum absolute atomic E-state index is 11.5. The van der Waals surface area contributed by atoms with E-state index in [0.29, 0.717) is 17.0 Å². The van der Waals surface area contributed by atoms with Crippen LogP contribution in [0.1, 0.15) is 11.3 Å². The molecule has 1 aromatic carbocycles. The molecule has 0 aliphatic rings. The smallest absolute Gasteiger partial charge is 0.220 e. The van der Waals surface area contributed by atoms with Gasteiger partial charge in [-0.2, -0.15) is 5.26 Å². The summed E-state index contributed by atoms with van der Waals surface area (Å²) in [5.74, 6) is 0.613. The molecule has 1 heterocycles. The largest absolute Gasteiger partial charge is 0.439 e. The van der Waals surface area contributed by atoms with Gasteiger partial charge in [0.25, 0.3) is 0 Å². The van der Waals surface area contributed by atoms with Crippen LogP contribution in [0.15, 0.2) is 41.3 Å². The van der Waals surface area contributed by atoms with Crippen LogP contribution in [0.5, 0.6) is 11.6 Å². The van der Waals surface area contributed by atoms with Crippen LogP contribution in [0.25, 0.3) is 0 Å². The van der Waals surface area contributed by atoms with E-state index in [1.807, 2.05) is 6.07 Å². The molecule has 102 valence electrons. The lowest BCUT2D eigenvalue weighted by atomic mass is 10.2. The summed E-state index contributed by atoms with van der Waals surface area (Å²) in [5.41, 5.74) is 1.09. The minimum absolute atomic E-state index is 0.170. The average Bonchev–Trinajstić information content (AvgIpc) is 2.37. The molecule has 0 fully saturated rings. The Bertz CT molecular complexity index is 792. The van der Waals surface area contributed by atoms with Gasteiger partial charge in [-0.1, -0.05) is 6.07 Å². The first-order valence-corrected chi connectivity index (χ1v) is 7.64. The Labute approximate surface area is 117 Å². The molecule has 0 unspecified atom stereocenters. The van der Waals surface area contributed by atoms with Crippen molar-refractivity contribution in [2.75, 3.05) is 6.26 Å². The van der Waals surface area contributed by atoms with Gasteiger partial charge < -0.3 is 4.74 Å². The second-order valence-corrected chi connectivity index (χ2v) is 6.31. The molecular weight excluding hydrogens is 276 g/mol.